The molecule has 0 radical (unpaired) electrons. The van der Waals surface area contributed by atoms with E-state index in [4.69, 9.17) is 4.74 Å². The van der Waals surface area contributed by atoms with Crippen molar-refractivity contribution in [2.75, 3.05) is 7.05 Å². The minimum atomic E-state index is -1.55. The molecule has 1 rings (SSSR count). The van der Waals surface area contributed by atoms with Gasteiger partial charge in [-0.1, -0.05) is 12.1 Å². The van der Waals surface area contributed by atoms with Crippen LogP contribution in [0.25, 0.3) is 0 Å². The number of benzene rings is 1. The first kappa shape index (κ1) is 17.9. The van der Waals surface area contributed by atoms with E-state index in [0.29, 0.717) is 5.56 Å². The molecule has 122 valence electrons. The maximum Gasteiger partial charge on any atom is 0.410 e. The van der Waals surface area contributed by atoms with Crippen molar-refractivity contribution in [2.24, 2.45) is 0 Å². The molecule has 0 spiro atoms. The van der Waals surface area contributed by atoms with Crippen LogP contribution in [0.4, 0.5) is 9.18 Å². The van der Waals surface area contributed by atoms with Gasteiger partial charge < -0.3 is 9.84 Å². The van der Waals surface area contributed by atoms with E-state index in [1.54, 1.807) is 26.8 Å². The van der Waals surface area contributed by atoms with Crippen LogP contribution >= 0.6 is 0 Å². The van der Waals surface area contributed by atoms with Crippen molar-refractivity contribution in [3.05, 3.63) is 35.6 Å². The van der Waals surface area contributed by atoms with E-state index >= 15 is 0 Å². The fourth-order valence-electron chi connectivity index (χ4n) is 1.91. The summed E-state index contributed by atoms with van der Waals surface area (Å²) in [6.45, 7) is 6.50. The van der Waals surface area contributed by atoms with Gasteiger partial charge in [0.15, 0.2) is 0 Å². The van der Waals surface area contributed by atoms with Crippen LogP contribution < -0.4 is 0 Å². The standard InChI is InChI=1S/C16H22FNO4/c1-15(2,3)22-14(21)18(5)16(4,13(19)20)10-11-7-6-8-12(17)9-11/h6-9H,10H2,1-5H3,(H,19,20). The van der Waals surface area contributed by atoms with E-state index in [9.17, 15) is 19.1 Å². The van der Waals surface area contributed by atoms with Gasteiger partial charge in [-0.15, -0.1) is 0 Å². The van der Waals surface area contributed by atoms with Gasteiger partial charge in [0, 0.05) is 13.5 Å². The van der Waals surface area contributed by atoms with E-state index in [-0.39, 0.29) is 6.42 Å². The number of hydrogen-bond acceptors (Lipinski definition) is 3. The van der Waals surface area contributed by atoms with E-state index < -0.39 is 29.0 Å². The van der Waals surface area contributed by atoms with Crippen LogP contribution in [-0.2, 0) is 16.0 Å². The van der Waals surface area contributed by atoms with E-state index in [1.807, 2.05) is 0 Å². The second kappa shape index (κ2) is 6.34. The number of carboxylic acid groups (broad SMARTS) is 1. The lowest BCUT2D eigenvalue weighted by atomic mass is 9.91. The number of amides is 1. The first-order chi connectivity index (χ1) is 9.95. The predicted octanol–water partition coefficient (Wildman–Crippen LogP) is 3.08. The Morgan fingerprint density at radius 1 is 1.27 bits per heavy atom. The van der Waals surface area contributed by atoms with Gasteiger partial charge in [0.2, 0.25) is 0 Å². The molecule has 1 atom stereocenters. The van der Waals surface area contributed by atoms with Gasteiger partial charge in [-0.3, -0.25) is 4.90 Å². The lowest BCUT2D eigenvalue weighted by molar-refractivity contribution is -0.149. The van der Waals surface area contributed by atoms with E-state index in [2.05, 4.69) is 0 Å². The molecular weight excluding hydrogens is 289 g/mol. The molecule has 0 saturated carbocycles. The van der Waals surface area contributed by atoms with Crippen LogP contribution in [0.2, 0.25) is 0 Å². The van der Waals surface area contributed by atoms with Crippen molar-refractivity contribution in [2.45, 2.75) is 45.3 Å². The summed E-state index contributed by atoms with van der Waals surface area (Å²) in [6, 6.07) is 5.65. The molecule has 6 heteroatoms. The Labute approximate surface area is 129 Å². The highest BCUT2D eigenvalue weighted by Gasteiger charge is 2.42. The van der Waals surface area contributed by atoms with Crippen LogP contribution in [0.15, 0.2) is 24.3 Å². The number of likely N-dealkylation sites (N-methyl/N-ethyl adjacent to an activating group) is 1. The van der Waals surface area contributed by atoms with Gasteiger partial charge in [0.05, 0.1) is 0 Å². The zero-order valence-corrected chi connectivity index (χ0v) is 13.5. The molecule has 0 aliphatic rings. The number of carbonyl (C=O) groups is 2. The largest absolute Gasteiger partial charge is 0.479 e. The van der Waals surface area contributed by atoms with Gasteiger partial charge in [0.1, 0.15) is 17.0 Å². The molecule has 1 N–H and O–H groups in total. The highest BCUT2D eigenvalue weighted by molar-refractivity contribution is 5.84. The van der Waals surface area contributed by atoms with E-state index in [0.717, 1.165) is 4.90 Å². The number of carbonyl (C=O) groups excluding carboxylic acids is 1. The monoisotopic (exact) mass is 311 g/mol. The minimum absolute atomic E-state index is 0.0319. The van der Waals surface area contributed by atoms with Crippen molar-refractivity contribution in [1.29, 1.82) is 0 Å². The molecule has 0 saturated heterocycles. The maximum atomic E-state index is 13.3. The van der Waals surface area contributed by atoms with E-state index in [1.165, 1.54) is 32.2 Å². The number of rotatable bonds is 4. The first-order valence-electron chi connectivity index (χ1n) is 6.90. The van der Waals surface area contributed by atoms with Crippen LogP contribution in [0.5, 0.6) is 0 Å². The Morgan fingerprint density at radius 2 is 1.86 bits per heavy atom. The SMILES string of the molecule is CN(C(=O)OC(C)(C)C)C(C)(Cc1cccc(F)c1)C(=O)O. The predicted molar refractivity (Wildman–Crippen MR) is 80.1 cm³/mol. The summed E-state index contributed by atoms with van der Waals surface area (Å²) in [6.07, 6.45) is -0.774. The highest BCUT2D eigenvalue weighted by atomic mass is 19.1. The van der Waals surface area contributed by atoms with Gasteiger partial charge in [-0.25, -0.2) is 14.0 Å². The molecule has 1 amide bonds. The molecule has 0 aromatic heterocycles. The van der Waals surface area contributed by atoms with Crippen LogP contribution in [0.1, 0.15) is 33.3 Å². The van der Waals surface area contributed by atoms with Gasteiger partial charge in [0.25, 0.3) is 0 Å². The Hall–Kier alpha value is -2.11. The summed E-state index contributed by atoms with van der Waals surface area (Å²) in [7, 11) is 1.36. The van der Waals surface area contributed by atoms with Crippen molar-refractivity contribution in [3.8, 4) is 0 Å². The number of carboxylic acids is 1. The Morgan fingerprint density at radius 3 is 2.32 bits per heavy atom. The first-order valence-corrected chi connectivity index (χ1v) is 6.90. The molecule has 0 bridgehead atoms. The molecule has 0 fully saturated rings. The second-order valence-corrected chi connectivity index (χ2v) is 6.43. The third-order valence-electron chi connectivity index (χ3n) is 3.31. The van der Waals surface area contributed by atoms with Crippen molar-refractivity contribution in [3.63, 3.8) is 0 Å². The summed E-state index contributed by atoms with van der Waals surface area (Å²) >= 11 is 0. The summed E-state index contributed by atoms with van der Waals surface area (Å²) in [4.78, 5) is 24.8. The molecule has 1 aromatic rings. The summed E-state index contributed by atoms with van der Waals surface area (Å²) in [5.41, 5.74) is -1.79. The molecular formula is C16H22FNO4. The Kier molecular flexibility index (Phi) is 5.17. The second-order valence-electron chi connectivity index (χ2n) is 6.43. The minimum Gasteiger partial charge on any atom is -0.479 e. The lowest BCUT2D eigenvalue weighted by Crippen LogP contribution is -2.55. The number of ether oxygens (including phenoxy) is 1. The van der Waals surface area contributed by atoms with Crippen molar-refractivity contribution < 1.29 is 23.8 Å². The molecule has 0 aliphatic carbocycles. The molecule has 22 heavy (non-hydrogen) atoms. The molecule has 5 nitrogen and oxygen atoms in total. The maximum absolute atomic E-state index is 13.3. The quantitative estimate of drug-likeness (QED) is 0.928. The molecule has 0 aliphatic heterocycles. The van der Waals surface area contributed by atoms with Crippen LogP contribution in [0.3, 0.4) is 0 Å². The third-order valence-corrected chi connectivity index (χ3v) is 3.31. The van der Waals surface area contributed by atoms with Crippen molar-refractivity contribution >= 4 is 12.1 Å². The van der Waals surface area contributed by atoms with Gasteiger partial charge in [-0.05, 0) is 45.4 Å². The molecule has 0 heterocycles. The number of halogens is 1. The summed E-state index contributed by atoms with van der Waals surface area (Å²) in [5, 5.41) is 9.54. The highest BCUT2D eigenvalue weighted by Crippen LogP contribution is 2.23. The smallest absolute Gasteiger partial charge is 0.410 e. The number of hydrogen-bond donors (Lipinski definition) is 1. The van der Waals surface area contributed by atoms with Crippen LogP contribution in [0, 0.1) is 5.82 Å². The van der Waals surface area contributed by atoms with Crippen molar-refractivity contribution in [1.82, 2.24) is 4.90 Å². The Bertz CT molecular complexity index is 568. The number of aliphatic carboxylic acids is 1. The Balaban J connectivity index is 3.04. The average Bonchev–Trinajstić information content (AvgIpc) is 2.35. The lowest BCUT2D eigenvalue weighted by Gasteiger charge is -2.36. The van der Waals surface area contributed by atoms with Gasteiger partial charge in [-0.2, -0.15) is 0 Å². The average molecular weight is 311 g/mol. The zero-order chi connectivity index (χ0) is 17.1. The topological polar surface area (TPSA) is 66.8 Å². The number of nitrogens with zero attached hydrogens (tertiary/aromatic N) is 1. The fraction of sp³-hybridized carbons (Fsp3) is 0.500. The normalized spacial score (nSPS) is 14.1. The molecule has 1 unspecified atom stereocenters. The molecule has 1 aromatic carbocycles. The third kappa shape index (κ3) is 4.44. The van der Waals surface area contributed by atoms with Gasteiger partial charge >= 0.3 is 12.1 Å². The van der Waals surface area contributed by atoms with Crippen LogP contribution in [-0.4, -0.2) is 40.3 Å². The zero-order valence-electron chi connectivity index (χ0n) is 13.5. The summed E-state index contributed by atoms with van der Waals surface area (Å²) in [5.74, 6) is -1.64. The fourth-order valence-corrected chi connectivity index (χ4v) is 1.91. The summed E-state index contributed by atoms with van der Waals surface area (Å²) < 4.78 is 18.5.